The van der Waals surface area contributed by atoms with Gasteiger partial charge in [0, 0.05) is 6.07 Å². The van der Waals surface area contributed by atoms with E-state index in [9.17, 15) is 29.6 Å². The highest BCUT2D eigenvalue weighted by Crippen LogP contribution is 2.40. The second-order valence-electron chi connectivity index (χ2n) is 4.86. The molecule has 0 saturated heterocycles. The molecule has 2 N–H and O–H groups in total. The van der Waals surface area contributed by atoms with Crippen LogP contribution in [0, 0.1) is 10.1 Å². The summed E-state index contributed by atoms with van der Waals surface area (Å²) in [6.45, 7) is 0.279. The third kappa shape index (κ3) is 2.76. The summed E-state index contributed by atoms with van der Waals surface area (Å²) in [5, 5.41) is 30.0. The monoisotopic (exact) mass is 320 g/mol. The van der Waals surface area contributed by atoms with Gasteiger partial charge in [0.1, 0.15) is 6.54 Å². The molecule has 0 spiro atoms. The minimum absolute atomic E-state index is 0.0404. The first-order valence-corrected chi connectivity index (χ1v) is 6.45. The van der Waals surface area contributed by atoms with E-state index in [0.29, 0.717) is 0 Å². The number of nitrogens with zero attached hydrogens (tertiary/aromatic N) is 2. The van der Waals surface area contributed by atoms with Gasteiger partial charge in [-0.1, -0.05) is 12.1 Å². The summed E-state index contributed by atoms with van der Waals surface area (Å²) < 4.78 is 0. The fourth-order valence-electron chi connectivity index (χ4n) is 2.53. The lowest BCUT2D eigenvalue weighted by Gasteiger charge is -2.24. The number of aliphatic carboxylic acids is 1. The van der Waals surface area contributed by atoms with Crippen molar-refractivity contribution in [2.45, 2.75) is 13.0 Å². The molecule has 0 fully saturated rings. The lowest BCUT2D eigenvalue weighted by Crippen LogP contribution is -2.35. The van der Waals surface area contributed by atoms with Crippen LogP contribution in [0.1, 0.15) is 18.5 Å². The van der Waals surface area contributed by atoms with Gasteiger partial charge >= 0.3 is 5.97 Å². The maximum absolute atomic E-state index is 12.1. The number of carboxylic acid groups (broad SMARTS) is 1. The first kappa shape index (κ1) is 16.1. The Morgan fingerprint density at radius 3 is 2.48 bits per heavy atom. The summed E-state index contributed by atoms with van der Waals surface area (Å²) in [6.07, 6.45) is 0. The molecule has 2 rings (SSSR count). The number of nitro groups is 1. The van der Waals surface area contributed by atoms with Gasteiger partial charge in [0.15, 0.2) is 11.5 Å². The van der Waals surface area contributed by atoms with Crippen LogP contribution in [0.4, 0.5) is 5.69 Å². The number of hydrogen-bond acceptors (Lipinski definition) is 6. The molecule has 120 valence electrons. The van der Waals surface area contributed by atoms with E-state index in [4.69, 9.17) is 5.11 Å². The quantitative estimate of drug-likeness (QED) is 0.608. The Morgan fingerprint density at radius 1 is 1.35 bits per heavy atom. The van der Waals surface area contributed by atoms with Crippen LogP contribution in [-0.4, -0.2) is 44.2 Å². The summed E-state index contributed by atoms with van der Waals surface area (Å²) in [5.74, 6) is -3.99. The highest BCUT2D eigenvalue weighted by molar-refractivity contribution is 6.08. The largest absolute Gasteiger partial charge is 0.503 e. The number of ketones is 1. The first-order valence-electron chi connectivity index (χ1n) is 6.45. The Labute approximate surface area is 129 Å². The highest BCUT2D eigenvalue weighted by atomic mass is 16.6. The molecule has 0 saturated carbocycles. The highest BCUT2D eigenvalue weighted by Gasteiger charge is 2.45. The smallest absolute Gasteiger partial charge is 0.323 e. The van der Waals surface area contributed by atoms with Crippen LogP contribution in [-0.2, 0) is 14.4 Å². The van der Waals surface area contributed by atoms with Crippen LogP contribution in [0.25, 0.3) is 0 Å². The van der Waals surface area contributed by atoms with Crippen molar-refractivity contribution in [2.75, 3.05) is 6.54 Å². The minimum atomic E-state index is -1.38. The number of para-hydroxylation sites is 1. The molecule has 1 heterocycles. The summed E-state index contributed by atoms with van der Waals surface area (Å²) in [6, 6.07) is 4.02. The van der Waals surface area contributed by atoms with E-state index in [-0.39, 0.29) is 16.8 Å². The molecule has 23 heavy (non-hydrogen) atoms. The summed E-state index contributed by atoms with van der Waals surface area (Å²) in [7, 11) is 0. The number of carboxylic acids is 1. The molecule has 1 aliphatic heterocycles. The van der Waals surface area contributed by atoms with Gasteiger partial charge in [0.05, 0.1) is 22.1 Å². The van der Waals surface area contributed by atoms with Crippen molar-refractivity contribution in [3.8, 4) is 0 Å². The van der Waals surface area contributed by atoms with Crippen molar-refractivity contribution in [2.24, 2.45) is 0 Å². The second-order valence-corrected chi connectivity index (χ2v) is 4.86. The lowest BCUT2D eigenvalue weighted by molar-refractivity contribution is -0.385. The van der Waals surface area contributed by atoms with Crippen molar-refractivity contribution in [1.82, 2.24) is 4.90 Å². The van der Waals surface area contributed by atoms with Gasteiger partial charge < -0.3 is 15.1 Å². The van der Waals surface area contributed by atoms with Crippen molar-refractivity contribution >= 4 is 23.3 Å². The topological polar surface area (TPSA) is 138 Å². The zero-order valence-corrected chi connectivity index (χ0v) is 11.9. The van der Waals surface area contributed by atoms with Crippen LogP contribution < -0.4 is 0 Å². The van der Waals surface area contributed by atoms with Gasteiger partial charge in [-0.2, -0.15) is 0 Å². The number of aliphatic hydroxyl groups excluding tert-OH is 1. The summed E-state index contributed by atoms with van der Waals surface area (Å²) in [4.78, 5) is 46.0. The fourth-order valence-corrected chi connectivity index (χ4v) is 2.53. The van der Waals surface area contributed by atoms with Gasteiger partial charge in [-0.05, 0) is 13.0 Å². The van der Waals surface area contributed by atoms with Crippen LogP contribution >= 0.6 is 0 Å². The number of carbonyl (C=O) groups is 3. The molecule has 1 atom stereocenters. The van der Waals surface area contributed by atoms with Crippen LogP contribution in [0.2, 0.25) is 0 Å². The third-order valence-electron chi connectivity index (χ3n) is 3.42. The molecular formula is C14H12N2O7. The SMILES string of the molecule is CC(=O)C1=C(O)C(=O)N(CC(=O)O)C1c1ccccc1[N+](=O)[O-]. The molecule has 9 heteroatoms. The Hall–Kier alpha value is -3.23. The van der Waals surface area contributed by atoms with Gasteiger partial charge in [0.25, 0.3) is 11.6 Å². The molecule has 0 aliphatic carbocycles. The number of nitro benzene ring substituents is 1. The molecule has 1 aromatic rings. The normalized spacial score (nSPS) is 17.5. The molecule has 0 radical (unpaired) electrons. The van der Waals surface area contributed by atoms with Crippen LogP contribution in [0.15, 0.2) is 35.6 Å². The Kier molecular flexibility index (Phi) is 4.12. The minimum Gasteiger partial charge on any atom is -0.503 e. The number of amides is 1. The Balaban J connectivity index is 2.67. The number of aliphatic hydroxyl groups is 1. The maximum Gasteiger partial charge on any atom is 0.323 e. The zero-order chi connectivity index (χ0) is 17.3. The average Bonchev–Trinajstić information content (AvgIpc) is 2.71. The Bertz CT molecular complexity index is 753. The molecule has 1 aliphatic rings. The molecule has 9 nitrogen and oxygen atoms in total. The molecular weight excluding hydrogens is 308 g/mol. The predicted molar refractivity (Wildman–Crippen MR) is 75.5 cm³/mol. The summed E-state index contributed by atoms with van der Waals surface area (Å²) in [5.41, 5.74) is -0.777. The van der Waals surface area contributed by atoms with Gasteiger partial charge in [-0.3, -0.25) is 24.5 Å². The number of rotatable bonds is 5. The summed E-state index contributed by atoms with van der Waals surface area (Å²) >= 11 is 0. The van der Waals surface area contributed by atoms with E-state index in [1.165, 1.54) is 24.3 Å². The van der Waals surface area contributed by atoms with Crippen molar-refractivity contribution in [3.05, 3.63) is 51.3 Å². The van der Waals surface area contributed by atoms with E-state index in [0.717, 1.165) is 11.8 Å². The predicted octanol–water partition coefficient (Wildman–Crippen LogP) is 0.964. The fraction of sp³-hybridized carbons (Fsp3) is 0.214. The molecule has 0 bridgehead atoms. The number of hydrogen-bond donors (Lipinski definition) is 2. The molecule has 1 aromatic carbocycles. The van der Waals surface area contributed by atoms with E-state index in [1.807, 2.05) is 0 Å². The van der Waals surface area contributed by atoms with E-state index in [1.54, 1.807) is 0 Å². The van der Waals surface area contributed by atoms with Crippen molar-refractivity contribution in [3.63, 3.8) is 0 Å². The average molecular weight is 320 g/mol. The van der Waals surface area contributed by atoms with Gasteiger partial charge in [-0.15, -0.1) is 0 Å². The van der Waals surface area contributed by atoms with Crippen LogP contribution in [0.5, 0.6) is 0 Å². The molecule has 1 unspecified atom stereocenters. The number of benzene rings is 1. The van der Waals surface area contributed by atoms with E-state index in [2.05, 4.69) is 0 Å². The van der Waals surface area contributed by atoms with E-state index >= 15 is 0 Å². The van der Waals surface area contributed by atoms with Crippen molar-refractivity contribution in [1.29, 1.82) is 0 Å². The first-order chi connectivity index (χ1) is 10.8. The number of Topliss-reactive ketones (excluding diaryl/α,β-unsaturated/α-hetero) is 1. The Morgan fingerprint density at radius 2 is 1.96 bits per heavy atom. The standard InChI is InChI=1S/C14H12N2O7/c1-7(17)11-12(8-4-2-3-5-9(8)16(22)23)15(6-10(18)19)14(21)13(11)20/h2-5,12,20H,6H2,1H3,(H,18,19). The third-order valence-corrected chi connectivity index (χ3v) is 3.42. The maximum atomic E-state index is 12.1. The van der Waals surface area contributed by atoms with Crippen LogP contribution in [0.3, 0.4) is 0 Å². The zero-order valence-electron chi connectivity index (χ0n) is 11.9. The van der Waals surface area contributed by atoms with Crippen molar-refractivity contribution < 1.29 is 29.5 Å². The second kappa shape index (κ2) is 5.87. The molecule has 0 aromatic heterocycles. The van der Waals surface area contributed by atoms with Gasteiger partial charge in [-0.25, -0.2) is 0 Å². The van der Waals surface area contributed by atoms with E-state index < -0.39 is 40.9 Å². The molecule has 1 amide bonds. The van der Waals surface area contributed by atoms with Gasteiger partial charge in [0.2, 0.25) is 0 Å². The number of carbonyl (C=O) groups excluding carboxylic acids is 2. The lowest BCUT2D eigenvalue weighted by atomic mass is 9.95.